The molecule has 3 N–H and O–H groups in total. The van der Waals surface area contributed by atoms with Crippen LogP contribution in [0.2, 0.25) is 0 Å². The number of benzene rings is 1. The van der Waals surface area contributed by atoms with Gasteiger partial charge in [0.1, 0.15) is 6.04 Å². The van der Waals surface area contributed by atoms with E-state index in [0.29, 0.717) is 6.42 Å². The standard InChI is InChI=1S/C11H15NO2.ClH/c1-7-3-4-9(5-8(7)2)6-10(12)11(13)14;/h3-5,10H,6,12H2,1-2H3,(H,13,14);1H. The third kappa shape index (κ3) is 3.90. The van der Waals surface area contributed by atoms with Crippen molar-refractivity contribution in [1.82, 2.24) is 0 Å². The zero-order valence-corrected chi connectivity index (χ0v) is 9.67. The first-order chi connectivity index (χ1) is 6.50. The molecule has 0 aromatic heterocycles. The summed E-state index contributed by atoms with van der Waals surface area (Å²) >= 11 is 0. The van der Waals surface area contributed by atoms with E-state index >= 15 is 0 Å². The molecular weight excluding hydrogens is 214 g/mol. The summed E-state index contributed by atoms with van der Waals surface area (Å²) in [7, 11) is 0. The second-order valence-electron chi connectivity index (χ2n) is 3.57. The summed E-state index contributed by atoms with van der Waals surface area (Å²) in [5.41, 5.74) is 8.78. The highest BCUT2D eigenvalue weighted by molar-refractivity contribution is 5.85. The van der Waals surface area contributed by atoms with Crippen LogP contribution in [0.15, 0.2) is 18.2 Å². The fourth-order valence-electron chi connectivity index (χ4n) is 1.27. The van der Waals surface area contributed by atoms with Gasteiger partial charge in [-0.15, -0.1) is 12.4 Å². The Bertz CT molecular complexity index is 352. The molecule has 0 aliphatic carbocycles. The van der Waals surface area contributed by atoms with Gasteiger partial charge in [0.2, 0.25) is 0 Å². The molecule has 0 saturated carbocycles. The number of carboxylic acids is 1. The van der Waals surface area contributed by atoms with Gasteiger partial charge in [-0.1, -0.05) is 18.2 Å². The van der Waals surface area contributed by atoms with Crippen molar-refractivity contribution in [3.05, 3.63) is 34.9 Å². The van der Waals surface area contributed by atoms with Crippen LogP contribution in [0.4, 0.5) is 0 Å². The average Bonchev–Trinajstić information content (AvgIpc) is 2.11. The zero-order valence-electron chi connectivity index (χ0n) is 8.86. The molecule has 1 atom stereocenters. The van der Waals surface area contributed by atoms with E-state index in [1.54, 1.807) is 0 Å². The summed E-state index contributed by atoms with van der Waals surface area (Å²) in [5.74, 6) is -0.955. The zero-order chi connectivity index (χ0) is 10.7. The first-order valence-electron chi connectivity index (χ1n) is 4.55. The number of aryl methyl sites for hydroxylation is 2. The first kappa shape index (κ1) is 13.9. The van der Waals surface area contributed by atoms with E-state index in [1.807, 2.05) is 32.0 Å². The number of carbonyl (C=O) groups is 1. The average molecular weight is 230 g/mol. The Morgan fingerprint density at radius 2 is 2.00 bits per heavy atom. The van der Waals surface area contributed by atoms with Crippen LogP contribution in [0, 0.1) is 13.8 Å². The van der Waals surface area contributed by atoms with E-state index in [-0.39, 0.29) is 12.4 Å². The highest BCUT2D eigenvalue weighted by atomic mass is 35.5. The molecule has 15 heavy (non-hydrogen) atoms. The monoisotopic (exact) mass is 229 g/mol. The lowest BCUT2D eigenvalue weighted by Crippen LogP contribution is -2.32. The second-order valence-corrected chi connectivity index (χ2v) is 3.57. The molecule has 0 aliphatic rings. The van der Waals surface area contributed by atoms with Gasteiger partial charge < -0.3 is 10.8 Å². The summed E-state index contributed by atoms with van der Waals surface area (Å²) in [6, 6.07) is 5.08. The lowest BCUT2D eigenvalue weighted by atomic mass is 10.0. The molecule has 0 aliphatic heterocycles. The van der Waals surface area contributed by atoms with Crippen LogP contribution in [0.5, 0.6) is 0 Å². The maximum Gasteiger partial charge on any atom is 0.320 e. The number of hydrogen-bond acceptors (Lipinski definition) is 2. The Morgan fingerprint density at radius 1 is 1.40 bits per heavy atom. The van der Waals surface area contributed by atoms with E-state index in [0.717, 1.165) is 5.56 Å². The van der Waals surface area contributed by atoms with E-state index in [9.17, 15) is 4.79 Å². The van der Waals surface area contributed by atoms with Gasteiger partial charge in [-0.25, -0.2) is 0 Å². The highest BCUT2D eigenvalue weighted by Gasteiger charge is 2.11. The highest BCUT2D eigenvalue weighted by Crippen LogP contribution is 2.11. The van der Waals surface area contributed by atoms with Crippen molar-refractivity contribution in [3.8, 4) is 0 Å². The Balaban J connectivity index is 0.00000196. The molecule has 4 heteroatoms. The number of halogens is 1. The van der Waals surface area contributed by atoms with Crippen molar-refractivity contribution < 1.29 is 9.90 Å². The van der Waals surface area contributed by atoms with Crippen molar-refractivity contribution in [1.29, 1.82) is 0 Å². The Hall–Kier alpha value is -1.06. The smallest absolute Gasteiger partial charge is 0.320 e. The lowest BCUT2D eigenvalue weighted by molar-refractivity contribution is -0.138. The number of carboxylic acid groups (broad SMARTS) is 1. The van der Waals surface area contributed by atoms with Crippen LogP contribution in [-0.2, 0) is 11.2 Å². The van der Waals surface area contributed by atoms with E-state index in [2.05, 4.69) is 0 Å². The first-order valence-corrected chi connectivity index (χ1v) is 4.55. The van der Waals surface area contributed by atoms with Gasteiger partial charge in [-0.2, -0.15) is 0 Å². The number of rotatable bonds is 3. The van der Waals surface area contributed by atoms with Gasteiger partial charge in [0.15, 0.2) is 0 Å². The maximum absolute atomic E-state index is 10.5. The van der Waals surface area contributed by atoms with Crippen molar-refractivity contribution in [2.75, 3.05) is 0 Å². The molecule has 84 valence electrons. The Labute approximate surface area is 95.7 Å². The minimum atomic E-state index is -0.955. The topological polar surface area (TPSA) is 63.3 Å². The van der Waals surface area contributed by atoms with E-state index < -0.39 is 12.0 Å². The SMILES string of the molecule is Cc1ccc(CC(N)C(=O)O)cc1C.Cl. The summed E-state index contributed by atoms with van der Waals surface area (Å²) in [5, 5.41) is 8.64. The summed E-state index contributed by atoms with van der Waals surface area (Å²) < 4.78 is 0. The molecule has 0 heterocycles. The molecule has 1 rings (SSSR count). The second kappa shape index (κ2) is 5.73. The molecule has 3 nitrogen and oxygen atoms in total. The molecule has 0 bridgehead atoms. The van der Waals surface area contributed by atoms with E-state index in [4.69, 9.17) is 10.8 Å². The number of aliphatic carboxylic acids is 1. The van der Waals surface area contributed by atoms with Crippen LogP contribution in [0.1, 0.15) is 16.7 Å². The van der Waals surface area contributed by atoms with Gasteiger partial charge in [-0.3, -0.25) is 4.79 Å². The third-order valence-corrected chi connectivity index (χ3v) is 2.34. The predicted molar refractivity (Wildman–Crippen MR) is 62.5 cm³/mol. The molecule has 0 saturated heterocycles. The summed E-state index contributed by atoms with van der Waals surface area (Å²) in [6.45, 7) is 4.03. The van der Waals surface area contributed by atoms with Crippen molar-refractivity contribution in [2.24, 2.45) is 5.73 Å². The third-order valence-electron chi connectivity index (χ3n) is 2.34. The van der Waals surface area contributed by atoms with Crippen LogP contribution in [-0.4, -0.2) is 17.1 Å². The normalized spacial score (nSPS) is 11.7. The fraction of sp³-hybridized carbons (Fsp3) is 0.364. The van der Waals surface area contributed by atoms with Gasteiger partial charge in [0.05, 0.1) is 0 Å². The lowest BCUT2D eigenvalue weighted by Gasteiger charge is -2.08. The van der Waals surface area contributed by atoms with Gasteiger partial charge in [-0.05, 0) is 37.0 Å². The van der Waals surface area contributed by atoms with Crippen molar-refractivity contribution >= 4 is 18.4 Å². The summed E-state index contributed by atoms with van der Waals surface area (Å²) in [6.07, 6.45) is 0.385. The molecule has 0 radical (unpaired) electrons. The van der Waals surface area contributed by atoms with E-state index in [1.165, 1.54) is 11.1 Å². The minimum absolute atomic E-state index is 0. The quantitative estimate of drug-likeness (QED) is 0.829. The van der Waals surface area contributed by atoms with Gasteiger partial charge in [0.25, 0.3) is 0 Å². The van der Waals surface area contributed by atoms with Crippen LogP contribution in [0.25, 0.3) is 0 Å². The molecule has 0 amide bonds. The van der Waals surface area contributed by atoms with Crippen LogP contribution < -0.4 is 5.73 Å². The molecule has 1 aromatic rings. The minimum Gasteiger partial charge on any atom is -0.480 e. The van der Waals surface area contributed by atoms with Gasteiger partial charge in [0, 0.05) is 0 Å². The molecule has 1 aromatic carbocycles. The largest absolute Gasteiger partial charge is 0.480 e. The predicted octanol–water partition coefficient (Wildman–Crippen LogP) is 1.68. The maximum atomic E-state index is 10.5. The van der Waals surface area contributed by atoms with Crippen LogP contribution in [0.3, 0.4) is 0 Å². The van der Waals surface area contributed by atoms with Crippen molar-refractivity contribution in [3.63, 3.8) is 0 Å². The molecule has 0 spiro atoms. The Morgan fingerprint density at radius 3 is 2.47 bits per heavy atom. The van der Waals surface area contributed by atoms with Crippen molar-refractivity contribution in [2.45, 2.75) is 26.3 Å². The fourth-order valence-corrected chi connectivity index (χ4v) is 1.27. The van der Waals surface area contributed by atoms with Gasteiger partial charge >= 0.3 is 5.97 Å². The number of nitrogens with two attached hydrogens (primary N) is 1. The summed E-state index contributed by atoms with van der Waals surface area (Å²) in [4.78, 5) is 10.5. The Kier molecular flexibility index (Phi) is 5.33. The molecular formula is C11H16ClNO2. The van der Waals surface area contributed by atoms with Crippen LogP contribution >= 0.6 is 12.4 Å². The number of hydrogen-bond donors (Lipinski definition) is 2. The molecule has 0 fully saturated rings. The molecule has 1 unspecified atom stereocenters.